The summed E-state index contributed by atoms with van der Waals surface area (Å²) in [5.41, 5.74) is 4.34. The lowest BCUT2D eigenvalue weighted by atomic mass is 9.82. The van der Waals surface area contributed by atoms with Crippen LogP contribution in [0.4, 0.5) is 10.2 Å². The average molecular weight is 870 g/mol. The number of carbonyl (C=O) groups excluding carboxylic acids is 2. The molecular weight excluding hydrogens is 823 g/mol. The van der Waals surface area contributed by atoms with Gasteiger partial charge in [0, 0.05) is 0 Å². The number of nitrogens with zero attached hydrogens (tertiary/aromatic N) is 4. The third-order valence-electron chi connectivity index (χ3n) is 8.61. The fraction of sp³-hybridized carbons (Fsp3) is 0.472. The van der Waals surface area contributed by atoms with Gasteiger partial charge in [-0.15, -0.1) is 0 Å². The van der Waals surface area contributed by atoms with E-state index in [0.29, 0.717) is 0 Å². The first-order valence-corrected chi connectivity index (χ1v) is 21.7. The Hall–Kier alpha value is -4.19. The summed E-state index contributed by atoms with van der Waals surface area (Å²) >= 11 is 6.11. The van der Waals surface area contributed by atoms with Gasteiger partial charge in [-0.25, -0.2) is 18.5 Å². The van der Waals surface area contributed by atoms with Gasteiger partial charge in [0.05, 0.1) is 43.3 Å². The first-order chi connectivity index (χ1) is 27.3. The number of para-hydroxylation sites is 2. The van der Waals surface area contributed by atoms with Crippen LogP contribution in [0, 0.1) is 5.41 Å². The second-order valence-corrected chi connectivity index (χ2v) is 17.9. The number of nitrogen functional groups attached to an aromatic ring is 1. The van der Waals surface area contributed by atoms with Crippen LogP contribution in [0.5, 0.6) is 11.5 Å². The molecule has 18 nitrogen and oxygen atoms in total. The minimum Gasteiger partial charge on any atom is -0.462 e. The molecule has 4 unspecified atom stereocenters. The molecule has 0 amide bonds. The molecule has 316 valence electrons. The molecule has 0 aliphatic carbocycles. The van der Waals surface area contributed by atoms with E-state index < -0.39 is 88.9 Å². The summed E-state index contributed by atoms with van der Waals surface area (Å²) in [6, 6.07) is 13.6. The zero-order valence-corrected chi connectivity index (χ0v) is 35.4. The van der Waals surface area contributed by atoms with Crippen molar-refractivity contribution in [3.8, 4) is 11.5 Å². The minimum absolute atomic E-state index is 0.0319. The lowest BCUT2D eigenvalue weighted by Crippen LogP contribution is -2.43. The maximum atomic E-state index is 17.3. The molecule has 8 atom stereocenters. The van der Waals surface area contributed by atoms with E-state index in [1.54, 1.807) is 64.1 Å². The van der Waals surface area contributed by atoms with Crippen LogP contribution in [-0.4, -0.2) is 81.2 Å². The molecule has 5 rings (SSSR count). The van der Waals surface area contributed by atoms with Gasteiger partial charge < -0.3 is 29.0 Å². The van der Waals surface area contributed by atoms with Crippen LogP contribution in [0.3, 0.4) is 0 Å². The summed E-state index contributed by atoms with van der Waals surface area (Å²) in [5, 5.41) is 4.94. The first kappa shape index (κ1) is 44.9. The topological polar surface area (TPSA) is 227 Å². The fourth-order valence-electron chi connectivity index (χ4n) is 5.66. The van der Waals surface area contributed by atoms with Gasteiger partial charge >= 0.3 is 27.4 Å². The molecule has 0 bridgehead atoms. The maximum absolute atomic E-state index is 17.3. The number of anilines is 1. The van der Waals surface area contributed by atoms with Crippen LogP contribution in [0.1, 0.15) is 54.7 Å². The van der Waals surface area contributed by atoms with E-state index in [-0.39, 0.29) is 33.8 Å². The fourth-order valence-corrected chi connectivity index (χ4v) is 8.93. The Labute approximate surface area is 339 Å². The van der Waals surface area contributed by atoms with Gasteiger partial charge in [-0.1, -0.05) is 43.3 Å². The van der Waals surface area contributed by atoms with E-state index >= 15 is 4.39 Å². The maximum Gasteiger partial charge on any atom is 0.459 e. The molecule has 4 aromatic rings. The van der Waals surface area contributed by atoms with Crippen LogP contribution < -0.4 is 25.0 Å². The number of halogens is 2. The van der Waals surface area contributed by atoms with Crippen LogP contribution in [0.25, 0.3) is 11.2 Å². The van der Waals surface area contributed by atoms with E-state index in [1.807, 2.05) is 0 Å². The van der Waals surface area contributed by atoms with E-state index in [1.165, 1.54) is 55.9 Å². The molecule has 1 aliphatic rings. The number of hydrogen-bond donors (Lipinski definition) is 3. The molecule has 0 spiro atoms. The number of carbonyl (C=O) groups is 2. The number of nitrogens with one attached hydrogen (secondary N) is 2. The van der Waals surface area contributed by atoms with Crippen molar-refractivity contribution >= 4 is 56.0 Å². The summed E-state index contributed by atoms with van der Waals surface area (Å²) in [7, 11) is -9.05. The van der Waals surface area contributed by atoms with Gasteiger partial charge in [0.15, 0.2) is 23.9 Å². The number of nitrogens with two attached hydrogens (primary N) is 1. The quantitative estimate of drug-likeness (QED) is 0.0514. The van der Waals surface area contributed by atoms with Crippen LogP contribution in [0.15, 0.2) is 67.0 Å². The summed E-state index contributed by atoms with van der Waals surface area (Å²) in [4.78, 5) is 37.9. The van der Waals surface area contributed by atoms with E-state index in [4.69, 9.17) is 49.6 Å². The molecule has 1 aliphatic heterocycles. The summed E-state index contributed by atoms with van der Waals surface area (Å²) in [5.74, 6) is -1.33. The zero-order valence-electron chi connectivity index (χ0n) is 32.8. The Bertz CT molecular complexity index is 2140. The van der Waals surface area contributed by atoms with Crippen molar-refractivity contribution in [2.75, 3.05) is 18.9 Å². The van der Waals surface area contributed by atoms with Crippen molar-refractivity contribution in [2.24, 2.45) is 5.41 Å². The Kier molecular flexibility index (Phi) is 14.6. The second-order valence-electron chi connectivity index (χ2n) is 14.2. The highest BCUT2D eigenvalue weighted by molar-refractivity contribution is 7.52. The predicted octanol–water partition coefficient (Wildman–Crippen LogP) is 6.57. The zero-order chi connectivity index (χ0) is 42.4. The number of fused-ring (bicyclic) bond motifs is 1. The lowest BCUT2D eigenvalue weighted by Gasteiger charge is -2.33. The number of ether oxygens (including phenoxy) is 3. The highest BCUT2D eigenvalue weighted by Crippen LogP contribution is 2.53. The molecular formula is C36H47ClFN7O11P2. The van der Waals surface area contributed by atoms with Gasteiger partial charge in [-0.05, 0) is 77.4 Å². The van der Waals surface area contributed by atoms with Gasteiger partial charge in [0.25, 0.3) is 0 Å². The number of esters is 2. The second kappa shape index (κ2) is 18.8. The average Bonchev–Trinajstić information content (AvgIpc) is 3.68. The van der Waals surface area contributed by atoms with Crippen LogP contribution >= 0.6 is 27.1 Å². The Morgan fingerprint density at radius 3 is 1.88 bits per heavy atom. The highest BCUT2D eigenvalue weighted by atomic mass is 35.5. The van der Waals surface area contributed by atoms with Crippen molar-refractivity contribution in [3.05, 3.63) is 72.3 Å². The molecule has 22 heteroatoms. The molecule has 3 heterocycles. The molecule has 1 saturated heterocycles. The number of imidazole rings is 1. The standard InChI is InChI=1S/C36H47ClFN7O11P2/c1-21(2)52-33(46)23(5)43-57(48,55-25-14-10-8-11-15-25)50-18-27-36(7,29(38)32(54-27)45-20-40-28-30(39)41-35(37)42-31(28)45)19-51-58(49,56-26-16-12-9-13-17-26)44-24(6)34(47)53-22(3)4/h8-17,20-24,27,29,32H,18-19H2,1-7H3,(H,43,48)(H,44,49)(H2,39,41,42)/t23-,24-,27+,29?,32-,36?,57?,58?/m0/s1. The van der Waals surface area contributed by atoms with Gasteiger partial charge in [0.1, 0.15) is 29.1 Å². The lowest BCUT2D eigenvalue weighted by molar-refractivity contribution is -0.150. The summed E-state index contributed by atoms with van der Waals surface area (Å²) in [6.45, 7) is 9.47. The number of aromatic nitrogens is 4. The van der Waals surface area contributed by atoms with Crippen molar-refractivity contribution in [3.63, 3.8) is 0 Å². The van der Waals surface area contributed by atoms with Crippen molar-refractivity contribution in [2.45, 2.75) is 91.3 Å². The van der Waals surface area contributed by atoms with Crippen LogP contribution in [0.2, 0.25) is 5.28 Å². The van der Waals surface area contributed by atoms with Crippen molar-refractivity contribution < 1.29 is 55.4 Å². The molecule has 58 heavy (non-hydrogen) atoms. The molecule has 2 aromatic heterocycles. The largest absolute Gasteiger partial charge is 0.462 e. The predicted molar refractivity (Wildman–Crippen MR) is 211 cm³/mol. The van der Waals surface area contributed by atoms with Crippen LogP contribution in [-0.2, 0) is 42.0 Å². The van der Waals surface area contributed by atoms with E-state index in [9.17, 15) is 18.7 Å². The number of alkyl halides is 1. The Morgan fingerprint density at radius 2 is 1.38 bits per heavy atom. The van der Waals surface area contributed by atoms with Crippen molar-refractivity contribution in [1.29, 1.82) is 0 Å². The van der Waals surface area contributed by atoms with Crippen molar-refractivity contribution in [1.82, 2.24) is 29.7 Å². The third kappa shape index (κ3) is 11.1. The first-order valence-electron chi connectivity index (χ1n) is 18.2. The van der Waals surface area contributed by atoms with E-state index in [0.717, 1.165) is 0 Å². The summed E-state index contributed by atoms with van der Waals surface area (Å²) < 4.78 is 87.8. The Balaban J connectivity index is 1.50. The number of rotatable bonds is 19. The number of hydrogen-bond acceptors (Lipinski definition) is 15. The van der Waals surface area contributed by atoms with Gasteiger partial charge in [0.2, 0.25) is 5.28 Å². The highest BCUT2D eigenvalue weighted by Gasteiger charge is 2.57. The smallest absolute Gasteiger partial charge is 0.459 e. The SMILES string of the molecule is CC(C)OC(=O)[C@H](C)NP(=O)(OC[C@H]1O[C@H](n2cnc3c(N)nc(Cl)nc32)C(F)C1(C)COP(=O)(N[C@@H](C)C(=O)OC(C)C)Oc1ccccc1)Oc1ccccc1. The van der Waals surface area contributed by atoms with E-state index in [2.05, 4.69) is 25.1 Å². The normalized spacial score (nSPS) is 22.6. The molecule has 2 aromatic carbocycles. The summed E-state index contributed by atoms with van der Waals surface area (Å²) in [6.07, 6.45) is -4.67. The van der Waals surface area contributed by atoms with Gasteiger partial charge in [-0.2, -0.15) is 20.1 Å². The number of benzene rings is 2. The minimum atomic E-state index is -4.54. The molecule has 4 N–H and O–H groups in total. The molecule has 1 fully saturated rings. The third-order valence-corrected chi connectivity index (χ3v) is 12.0. The van der Waals surface area contributed by atoms with Gasteiger partial charge in [-0.3, -0.25) is 23.2 Å². The molecule has 0 saturated carbocycles. The molecule has 0 radical (unpaired) electrons. The Morgan fingerprint density at radius 1 is 0.879 bits per heavy atom. The monoisotopic (exact) mass is 869 g/mol.